The first-order valence-electron chi connectivity index (χ1n) is 21.2. The lowest BCUT2D eigenvalue weighted by atomic mass is 9.78. The number of imidazole rings is 1. The molecule has 8 rings (SSSR count). The van der Waals surface area contributed by atoms with Gasteiger partial charge in [0.1, 0.15) is 5.82 Å². The first-order chi connectivity index (χ1) is 23.6. The first kappa shape index (κ1) is 34.2. The van der Waals surface area contributed by atoms with Crippen molar-refractivity contribution in [2.24, 2.45) is 27.7 Å². The van der Waals surface area contributed by atoms with Gasteiger partial charge in [-0.15, -0.1) is 23.2 Å². The SMILES string of the molecule is ClC1CCCCC1c1nc(C2CCCCC2)c(C2CCCCC2)n1C1(C2CCCCC2Cl)N=C(C2CCCCC2)C(C2CCCCC2)=N1. The average molecular weight is 696 g/mol. The van der Waals surface area contributed by atoms with Crippen molar-refractivity contribution in [2.45, 2.75) is 214 Å². The van der Waals surface area contributed by atoms with E-state index >= 15 is 0 Å². The smallest absolute Gasteiger partial charge is 0.237 e. The maximum atomic E-state index is 7.63. The summed E-state index contributed by atoms with van der Waals surface area (Å²) in [5, 5.41) is 0.230. The number of aliphatic imine (C=N–C) groups is 2. The summed E-state index contributed by atoms with van der Waals surface area (Å²) in [6.45, 7) is 0. The van der Waals surface area contributed by atoms with E-state index in [9.17, 15) is 0 Å². The molecule has 1 aromatic heterocycles. The predicted molar refractivity (Wildman–Crippen MR) is 202 cm³/mol. The van der Waals surface area contributed by atoms with Crippen molar-refractivity contribution in [3.05, 3.63) is 17.2 Å². The van der Waals surface area contributed by atoms with E-state index in [0.29, 0.717) is 23.7 Å². The van der Waals surface area contributed by atoms with Crippen molar-refractivity contribution < 1.29 is 0 Å². The van der Waals surface area contributed by atoms with Crippen LogP contribution in [-0.4, -0.2) is 31.7 Å². The molecule has 266 valence electrons. The Kier molecular flexibility index (Phi) is 11.0. The molecule has 48 heavy (non-hydrogen) atoms. The van der Waals surface area contributed by atoms with E-state index in [1.54, 1.807) is 5.69 Å². The highest BCUT2D eigenvalue weighted by molar-refractivity contribution is 6.45. The van der Waals surface area contributed by atoms with E-state index in [-0.39, 0.29) is 22.6 Å². The van der Waals surface area contributed by atoms with Crippen molar-refractivity contribution in [2.75, 3.05) is 0 Å². The summed E-state index contributed by atoms with van der Waals surface area (Å²) in [7, 11) is 0. The second kappa shape index (κ2) is 15.4. The van der Waals surface area contributed by atoms with Gasteiger partial charge >= 0.3 is 0 Å². The van der Waals surface area contributed by atoms with E-state index in [0.717, 1.165) is 25.7 Å². The largest absolute Gasteiger partial charge is 0.287 e. The summed E-state index contributed by atoms with van der Waals surface area (Å²) < 4.78 is 2.81. The van der Waals surface area contributed by atoms with Crippen LogP contribution in [0.25, 0.3) is 0 Å². The molecule has 0 radical (unpaired) electrons. The van der Waals surface area contributed by atoms with Crippen molar-refractivity contribution in [1.29, 1.82) is 0 Å². The zero-order valence-corrected chi connectivity index (χ0v) is 31.5. The zero-order valence-electron chi connectivity index (χ0n) is 30.0. The molecule has 6 heteroatoms. The highest BCUT2D eigenvalue weighted by Crippen LogP contribution is 2.53. The van der Waals surface area contributed by atoms with Crippen LogP contribution in [0.4, 0.5) is 0 Å². The lowest BCUT2D eigenvalue weighted by Crippen LogP contribution is -2.46. The van der Waals surface area contributed by atoms with Gasteiger partial charge in [-0.2, -0.15) is 0 Å². The van der Waals surface area contributed by atoms with Gasteiger partial charge in [0.05, 0.1) is 17.1 Å². The third kappa shape index (κ3) is 6.63. The summed E-state index contributed by atoms with van der Waals surface area (Å²) >= 11 is 15.1. The standard InChI is InChI=1S/C42H64Cl2N4/c43-35-27-15-13-25-33(35)41-45-39(31-21-9-3-10-22-31)40(32-23-11-4-12-24-32)48(41)42(34-26-14-16-28-36(34)44)46-37(29-17-5-1-6-18-29)38(47-42)30-19-7-2-8-20-30/h29-36H,1-28H2. The fraction of sp³-hybridized carbons (Fsp3) is 0.881. The molecule has 0 spiro atoms. The minimum absolute atomic E-state index is 0.0929. The second-order valence-corrected chi connectivity index (χ2v) is 18.5. The Hall–Kier alpha value is -0.870. The monoisotopic (exact) mass is 694 g/mol. The van der Waals surface area contributed by atoms with Crippen LogP contribution in [0, 0.1) is 17.8 Å². The Morgan fingerprint density at radius 1 is 0.458 bits per heavy atom. The van der Waals surface area contributed by atoms with Gasteiger partial charge in [-0.25, -0.2) is 15.0 Å². The van der Waals surface area contributed by atoms with E-state index in [4.69, 9.17) is 38.2 Å². The number of nitrogens with zero attached hydrogens (tertiary/aromatic N) is 4. The van der Waals surface area contributed by atoms with Crippen LogP contribution >= 0.6 is 23.2 Å². The summed E-state index contributed by atoms with van der Waals surface area (Å²) in [6.07, 6.45) is 35.8. The van der Waals surface area contributed by atoms with Crippen LogP contribution in [0.1, 0.15) is 215 Å². The maximum absolute atomic E-state index is 7.63. The fourth-order valence-electron chi connectivity index (χ4n) is 11.7. The number of halogens is 2. The molecule has 2 heterocycles. The molecule has 0 aromatic carbocycles. The molecule has 4 atom stereocenters. The van der Waals surface area contributed by atoms with Gasteiger partial charge in [0.25, 0.3) is 0 Å². The van der Waals surface area contributed by atoms with E-state index in [2.05, 4.69) is 4.57 Å². The maximum Gasteiger partial charge on any atom is 0.237 e. The third-order valence-electron chi connectivity index (χ3n) is 14.3. The molecule has 0 bridgehead atoms. The van der Waals surface area contributed by atoms with Crippen molar-refractivity contribution in [3.63, 3.8) is 0 Å². The van der Waals surface area contributed by atoms with E-state index in [1.807, 2.05) is 0 Å². The van der Waals surface area contributed by atoms with Crippen molar-refractivity contribution in [1.82, 2.24) is 9.55 Å². The predicted octanol–water partition coefficient (Wildman–Crippen LogP) is 12.7. The van der Waals surface area contributed by atoms with Crippen LogP contribution < -0.4 is 0 Å². The van der Waals surface area contributed by atoms with Crippen LogP contribution in [0.3, 0.4) is 0 Å². The van der Waals surface area contributed by atoms with Gasteiger partial charge < -0.3 is 0 Å². The zero-order chi connectivity index (χ0) is 32.5. The number of hydrogen-bond donors (Lipinski definition) is 0. The van der Waals surface area contributed by atoms with E-state index < -0.39 is 5.79 Å². The van der Waals surface area contributed by atoms with Gasteiger partial charge in [0.15, 0.2) is 0 Å². The number of rotatable bonds is 7. The Labute approximate surface area is 302 Å². The Morgan fingerprint density at radius 2 is 0.896 bits per heavy atom. The Morgan fingerprint density at radius 3 is 1.42 bits per heavy atom. The fourth-order valence-corrected chi connectivity index (χ4v) is 12.5. The van der Waals surface area contributed by atoms with Gasteiger partial charge in [-0.1, -0.05) is 103 Å². The quantitative estimate of drug-likeness (QED) is 0.262. The van der Waals surface area contributed by atoms with Gasteiger partial charge in [0, 0.05) is 52.0 Å². The molecule has 6 aliphatic carbocycles. The highest BCUT2D eigenvalue weighted by atomic mass is 35.5. The first-order valence-corrected chi connectivity index (χ1v) is 22.1. The molecule has 4 unspecified atom stereocenters. The van der Waals surface area contributed by atoms with Crippen molar-refractivity contribution in [3.8, 4) is 0 Å². The molecule has 7 aliphatic rings. The summed E-state index contributed by atoms with van der Waals surface area (Å²) in [5.74, 6) is 3.28. The topological polar surface area (TPSA) is 42.5 Å². The Bertz CT molecular complexity index is 1260. The Balaban J connectivity index is 1.39. The summed E-state index contributed by atoms with van der Waals surface area (Å²) in [5.41, 5.74) is 5.83. The van der Waals surface area contributed by atoms with Crippen molar-refractivity contribution >= 4 is 34.6 Å². The van der Waals surface area contributed by atoms with Crippen LogP contribution in [0.5, 0.6) is 0 Å². The molecule has 0 N–H and O–H groups in total. The number of hydrogen-bond acceptors (Lipinski definition) is 3. The molecule has 0 amide bonds. The minimum Gasteiger partial charge on any atom is -0.287 e. The average Bonchev–Trinajstić information content (AvgIpc) is 3.75. The van der Waals surface area contributed by atoms with Crippen LogP contribution in [0.15, 0.2) is 9.98 Å². The molecule has 6 fully saturated rings. The highest BCUT2D eigenvalue weighted by Gasteiger charge is 2.54. The molecular weight excluding hydrogens is 631 g/mol. The summed E-state index contributed by atoms with van der Waals surface area (Å²) in [6, 6.07) is 0. The molecular formula is C42H64Cl2N4. The normalized spacial score (nSPS) is 33.5. The van der Waals surface area contributed by atoms with Crippen LogP contribution in [0.2, 0.25) is 0 Å². The summed E-state index contributed by atoms with van der Waals surface area (Å²) in [4.78, 5) is 18.5. The molecule has 6 saturated carbocycles. The van der Waals surface area contributed by atoms with Gasteiger partial charge in [0.2, 0.25) is 5.79 Å². The second-order valence-electron chi connectivity index (χ2n) is 17.4. The lowest BCUT2D eigenvalue weighted by molar-refractivity contribution is 0.135. The third-order valence-corrected chi connectivity index (χ3v) is 15.3. The number of alkyl halides is 2. The van der Waals surface area contributed by atoms with Crippen LogP contribution in [-0.2, 0) is 5.79 Å². The molecule has 1 aromatic rings. The van der Waals surface area contributed by atoms with Gasteiger partial charge in [-0.05, 0) is 77.0 Å². The van der Waals surface area contributed by atoms with Gasteiger partial charge in [-0.3, -0.25) is 4.57 Å². The minimum atomic E-state index is -0.692. The van der Waals surface area contributed by atoms with E-state index in [1.165, 1.54) is 177 Å². The lowest BCUT2D eigenvalue weighted by Gasteiger charge is -2.43. The molecule has 1 aliphatic heterocycles. The molecule has 4 nitrogen and oxygen atoms in total. The number of aromatic nitrogens is 2. The molecule has 0 saturated heterocycles.